The number of rotatable bonds is 7. The Labute approximate surface area is 141 Å². The van der Waals surface area contributed by atoms with Crippen LogP contribution in [0.1, 0.15) is 12.7 Å². The zero-order valence-electron chi connectivity index (χ0n) is 14.0. The standard InChI is InChI=1S/C19H22N2O3/c1-3-19-20-17-6-4-5-7-18(17)21(19)12-14(22)13-24-16-10-8-15(23-2)9-11-16/h4-11,14,22H,3,12-13H2,1-2H3. The molecule has 126 valence electrons. The molecule has 0 bridgehead atoms. The van der Waals surface area contributed by atoms with Gasteiger partial charge in [-0.1, -0.05) is 19.1 Å². The SMILES string of the molecule is CCc1nc2ccccc2n1CC(O)COc1ccc(OC)cc1. The first-order chi connectivity index (χ1) is 11.7. The van der Waals surface area contributed by atoms with Crippen LogP contribution in [0.2, 0.25) is 0 Å². The molecule has 0 aliphatic carbocycles. The molecule has 1 aromatic heterocycles. The summed E-state index contributed by atoms with van der Waals surface area (Å²) < 4.78 is 12.8. The van der Waals surface area contributed by atoms with Gasteiger partial charge in [-0.25, -0.2) is 4.98 Å². The molecule has 0 saturated heterocycles. The number of para-hydroxylation sites is 2. The average Bonchev–Trinajstić information content (AvgIpc) is 2.98. The zero-order valence-corrected chi connectivity index (χ0v) is 14.0. The third-order valence-corrected chi connectivity index (χ3v) is 3.94. The maximum absolute atomic E-state index is 10.4. The van der Waals surface area contributed by atoms with Crippen molar-refractivity contribution < 1.29 is 14.6 Å². The number of aliphatic hydroxyl groups is 1. The van der Waals surface area contributed by atoms with Gasteiger partial charge in [0, 0.05) is 6.42 Å². The van der Waals surface area contributed by atoms with Crippen LogP contribution < -0.4 is 9.47 Å². The van der Waals surface area contributed by atoms with E-state index < -0.39 is 6.10 Å². The normalized spacial score (nSPS) is 12.3. The Kier molecular flexibility index (Phi) is 5.01. The highest BCUT2D eigenvalue weighted by molar-refractivity contribution is 5.75. The van der Waals surface area contributed by atoms with Crippen LogP contribution in [0, 0.1) is 0 Å². The minimum Gasteiger partial charge on any atom is -0.497 e. The quantitative estimate of drug-likeness (QED) is 0.725. The Hall–Kier alpha value is -2.53. The van der Waals surface area contributed by atoms with Gasteiger partial charge in [0.2, 0.25) is 0 Å². The van der Waals surface area contributed by atoms with E-state index in [0.29, 0.717) is 12.3 Å². The van der Waals surface area contributed by atoms with Crippen molar-refractivity contribution in [2.75, 3.05) is 13.7 Å². The molecule has 0 radical (unpaired) electrons. The van der Waals surface area contributed by atoms with E-state index in [0.717, 1.165) is 29.0 Å². The number of nitrogens with zero attached hydrogens (tertiary/aromatic N) is 2. The van der Waals surface area contributed by atoms with Gasteiger partial charge in [0.15, 0.2) is 0 Å². The predicted octanol–water partition coefficient (Wildman–Crippen LogP) is 3.05. The molecule has 0 aliphatic heterocycles. The lowest BCUT2D eigenvalue weighted by Gasteiger charge is -2.15. The van der Waals surface area contributed by atoms with Gasteiger partial charge >= 0.3 is 0 Å². The first-order valence-corrected chi connectivity index (χ1v) is 8.10. The Morgan fingerprint density at radius 1 is 1.08 bits per heavy atom. The fourth-order valence-corrected chi connectivity index (χ4v) is 2.73. The monoisotopic (exact) mass is 326 g/mol. The smallest absolute Gasteiger partial charge is 0.119 e. The Balaban J connectivity index is 1.67. The van der Waals surface area contributed by atoms with Crippen molar-refractivity contribution in [3.8, 4) is 11.5 Å². The minimum atomic E-state index is -0.616. The van der Waals surface area contributed by atoms with Crippen molar-refractivity contribution in [3.63, 3.8) is 0 Å². The van der Waals surface area contributed by atoms with Gasteiger partial charge in [0.1, 0.15) is 30.0 Å². The largest absolute Gasteiger partial charge is 0.497 e. The van der Waals surface area contributed by atoms with E-state index in [-0.39, 0.29) is 6.61 Å². The van der Waals surface area contributed by atoms with Crippen LogP contribution in [0.4, 0.5) is 0 Å². The van der Waals surface area contributed by atoms with Crippen LogP contribution >= 0.6 is 0 Å². The van der Waals surface area contributed by atoms with Gasteiger partial charge < -0.3 is 19.1 Å². The summed E-state index contributed by atoms with van der Waals surface area (Å²) in [5, 5.41) is 10.4. The fourth-order valence-electron chi connectivity index (χ4n) is 2.73. The van der Waals surface area contributed by atoms with Gasteiger partial charge in [-0.3, -0.25) is 0 Å². The highest BCUT2D eigenvalue weighted by Gasteiger charge is 2.13. The maximum atomic E-state index is 10.4. The number of hydrogen-bond donors (Lipinski definition) is 1. The summed E-state index contributed by atoms with van der Waals surface area (Å²) in [6.07, 6.45) is 0.204. The van der Waals surface area contributed by atoms with Gasteiger partial charge in [-0.2, -0.15) is 0 Å². The van der Waals surface area contributed by atoms with E-state index in [1.54, 1.807) is 7.11 Å². The van der Waals surface area contributed by atoms with E-state index in [1.165, 1.54) is 0 Å². The minimum absolute atomic E-state index is 0.224. The van der Waals surface area contributed by atoms with Crippen molar-refractivity contribution in [1.82, 2.24) is 9.55 Å². The Morgan fingerprint density at radius 2 is 1.79 bits per heavy atom. The molecule has 0 amide bonds. The van der Waals surface area contributed by atoms with Crippen LogP contribution in [-0.2, 0) is 13.0 Å². The zero-order chi connectivity index (χ0) is 16.9. The molecular formula is C19H22N2O3. The van der Waals surface area contributed by atoms with Crippen LogP contribution in [0.25, 0.3) is 11.0 Å². The van der Waals surface area contributed by atoms with Crippen molar-refractivity contribution >= 4 is 11.0 Å². The van der Waals surface area contributed by atoms with E-state index in [9.17, 15) is 5.11 Å². The summed E-state index contributed by atoms with van der Waals surface area (Å²) in [4.78, 5) is 4.62. The molecular weight excluding hydrogens is 304 g/mol. The number of hydrogen-bond acceptors (Lipinski definition) is 4. The number of aromatic nitrogens is 2. The van der Waals surface area contributed by atoms with Crippen molar-refractivity contribution in [1.29, 1.82) is 0 Å². The van der Waals surface area contributed by atoms with E-state index in [1.807, 2.05) is 48.5 Å². The number of aliphatic hydroxyl groups excluding tert-OH is 1. The van der Waals surface area contributed by atoms with Gasteiger partial charge in [0.05, 0.1) is 24.7 Å². The highest BCUT2D eigenvalue weighted by Crippen LogP contribution is 2.19. The molecule has 5 nitrogen and oxygen atoms in total. The fraction of sp³-hybridized carbons (Fsp3) is 0.316. The number of methoxy groups -OCH3 is 1. The molecule has 3 rings (SSSR count). The Morgan fingerprint density at radius 3 is 2.50 bits per heavy atom. The lowest BCUT2D eigenvalue weighted by Crippen LogP contribution is -2.24. The summed E-state index contributed by atoms with van der Waals surface area (Å²) >= 11 is 0. The molecule has 0 aliphatic rings. The van der Waals surface area contributed by atoms with Crippen molar-refractivity contribution in [2.24, 2.45) is 0 Å². The number of benzene rings is 2. The van der Waals surface area contributed by atoms with Gasteiger partial charge in [-0.05, 0) is 36.4 Å². The first kappa shape index (κ1) is 16.3. The Bertz CT molecular complexity index is 796. The molecule has 2 aromatic carbocycles. The average molecular weight is 326 g/mol. The molecule has 0 spiro atoms. The summed E-state index contributed by atoms with van der Waals surface area (Å²) in [6, 6.07) is 15.3. The molecule has 1 heterocycles. The summed E-state index contributed by atoms with van der Waals surface area (Å²) in [7, 11) is 1.63. The second kappa shape index (κ2) is 7.36. The van der Waals surface area contributed by atoms with Crippen molar-refractivity contribution in [2.45, 2.75) is 26.0 Å². The molecule has 24 heavy (non-hydrogen) atoms. The topological polar surface area (TPSA) is 56.5 Å². The number of imidazole rings is 1. The summed E-state index contributed by atoms with van der Waals surface area (Å²) in [5.74, 6) is 2.46. The predicted molar refractivity (Wildman–Crippen MR) is 93.6 cm³/mol. The van der Waals surface area contributed by atoms with Crippen LogP contribution in [-0.4, -0.2) is 34.5 Å². The summed E-state index contributed by atoms with van der Waals surface area (Å²) in [6.45, 7) is 2.75. The third kappa shape index (κ3) is 3.51. The highest BCUT2D eigenvalue weighted by atomic mass is 16.5. The van der Waals surface area contributed by atoms with E-state index in [4.69, 9.17) is 9.47 Å². The van der Waals surface area contributed by atoms with E-state index >= 15 is 0 Å². The second-order valence-electron chi connectivity index (χ2n) is 5.62. The number of ether oxygens (including phenoxy) is 2. The van der Waals surface area contributed by atoms with Crippen LogP contribution in [0.5, 0.6) is 11.5 Å². The first-order valence-electron chi connectivity index (χ1n) is 8.10. The molecule has 0 saturated carbocycles. The molecule has 0 fully saturated rings. The number of aryl methyl sites for hydroxylation is 1. The molecule has 3 aromatic rings. The summed E-state index contributed by atoms with van der Waals surface area (Å²) in [5.41, 5.74) is 2.00. The molecule has 1 N–H and O–H groups in total. The molecule has 5 heteroatoms. The van der Waals surface area contributed by atoms with Gasteiger partial charge in [-0.15, -0.1) is 0 Å². The number of fused-ring (bicyclic) bond motifs is 1. The van der Waals surface area contributed by atoms with Gasteiger partial charge in [0.25, 0.3) is 0 Å². The second-order valence-corrected chi connectivity index (χ2v) is 5.62. The van der Waals surface area contributed by atoms with Crippen LogP contribution in [0.15, 0.2) is 48.5 Å². The molecule has 1 atom stereocenters. The van der Waals surface area contributed by atoms with Crippen molar-refractivity contribution in [3.05, 3.63) is 54.4 Å². The third-order valence-electron chi connectivity index (χ3n) is 3.94. The lowest BCUT2D eigenvalue weighted by atomic mass is 10.3. The van der Waals surface area contributed by atoms with Crippen LogP contribution in [0.3, 0.4) is 0 Å². The van der Waals surface area contributed by atoms with E-state index in [2.05, 4.69) is 16.5 Å². The lowest BCUT2D eigenvalue weighted by molar-refractivity contribution is 0.0927. The maximum Gasteiger partial charge on any atom is 0.119 e. The molecule has 1 unspecified atom stereocenters.